The number of fused-ring (bicyclic) bond motifs is 1. The minimum Gasteiger partial charge on any atom is -0.467 e. The molecule has 11 heteroatoms. The largest absolute Gasteiger partial charge is 0.467 e. The number of carbonyl (C=O) groups is 3. The number of benzene rings is 1. The zero-order chi connectivity index (χ0) is 21.7. The number of ether oxygens (including phenoxy) is 1. The number of carbonyl (C=O) groups excluding carboxylic acids is 3. The molecule has 2 heterocycles. The molecule has 30 heavy (non-hydrogen) atoms. The van der Waals surface area contributed by atoms with Crippen molar-refractivity contribution in [2.24, 2.45) is 0 Å². The van der Waals surface area contributed by atoms with Gasteiger partial charge in [-0.1, -0.05) is 12.1 Å². The van der Waals surface area contributed by atoms with Gasteiger partial charge in [0.2, 0.25) is 0 Å². The predicted octanol–water partition coefficient (Wildman–Crippen LogP) is 0.910. The van der Waals surface area contributed by atoms with Crippen LogP contribution in [-0.2, 0) is 30.9 Å². The molecule has 1 aromatic carbocycles. The molecule has 0 fully saturated rings. The number of rotatable bonds is 8. The van der Waals surface area contributed by atoms with Gasteiger partial charge in [-0.15, -0.1) is 0 Å². The quantitative estimate of drug-likeness (QED) is 0.562. The van der Waals surface area contributed by atoms with Crippen LogP contribution >= 0.6 is 0 Å². The van der Waals surface area contributed by atoms with Crippen LogP contribution in [0.1, 0.15) is 22.5 Å². The lowest BCUT2D eigenvalue weighted by Gasteiger charge is -2.20. The van der Waals surface area contributed by atoms with Crippen LogP contribution in [0.5, 0.6) is 0 Å². The second kappa shape index (κ2) is 8.79. The smallest absolute Gasteiger partial charge is 0.327 e. The first kappa shape index (κ1) is 21.1. The highest BCUT2D eigenvalue weighted by atomic mass is 32.2. The van der Waals surface area contributed by atoms with Gasteiger partial charge in [-0.25, -0.2) is 12.7 Å². The van der Waals surface area contributed by atoms with E-state index in [2.05, 4.69) is 0 Å². The summed E-state index contributed by atoms with van der Waals surface area (Å²) < 4.78 is 35.4. The molecule has 2 aromatic rings. The Morgan fingerprint density at radius 1 is 1.20 bits per heavy atom. The number of sulfonamides is 1. The van der Waals surface area contributed by atoms with E-state index in [9.17, 15) is 22.8 Å². The van der Waals surface area contributed by atoms with Gasteiger partial charge in [0.05, 0.1) is 30.9 Å². The molecule has 10 nitrogen and oxygen atoms in total. The van der Waals surface area contributed by atoms with E-state index in [0.717, 1.165) is 0 Å². The summed E-state index contributed by atoms with van der Waals surface area (Å²) in [6.45, 7) is -1.33. The zero-order valence-corrected chi connectivity index (χ0v) is 16.5. The third-order valence-electron chi connectivity index (χ3n) is 4.31. The van der Waals surface area contributed by atoms with E-state index < -0.39 is 41.0 Å². The average Bonchev–Trinajstić information content (AvgIpc) is 3.31. The van der Waals surface area contributed by atoms with Crippen molar-refractivity contribution in [1.29, 1.82) is 5.26 Å². The topological polar surface area (TPSA) is 138 Å². The Bertz CT molecular complexity index is 1100. The van der Waals surface area contributed by atoms with Gasteiger partial charge < -0.3 is 14.1 Å². The van der Waals surface area contributed by atoms with Crippen LogP contribution in [0.25, 0.3) is 0 Å². The first-order chi connectivity index (χ1) is 14.3. The van der Waals surface area contributed by atoms with Crippen molar-refractivity contribution in [1.82, 2.24) is 9.21 Å². The summed E-state index contributed by atoms with van der Waals surface area (Å²) >= 11 is 0. The van der Waals surface area contributed by atoms with Crippen molar-refractivity contribution in [3.8, 4) is 6.07 Å². The Morgan fingerprint density at radius 2 is 1.97 bits per heavy atom. The lowest BCUT2D eigenvalue weighted by Crippen LogP contribution is -2.38. The van der Waals surface area contributed by atoms with Gasteiger partial charge in [0.1, 0.15) is 17.2 Å². The molecule has 0 N–H and O–H groups in total. The molecule has 3 rings (SSSR count). The van der Waals surface area contributed by atoms with Crippen molar-refractivity contribution < 1.29 is 32.0 Å². The van der Waals surface area contributed by atoms with E-state index in [4.69, 9.17) is 14.4 Å². The first-order valence-corrected chi connectivity index (χ1v) is 10.3. The number of nitriles is 1. The third-order valence-corrected chi connectivity index (χ3v) is 6.10. The van der Waals surface area contributed by atoms with Gasteiger partial charge in [-0.2, -0.15) is 5.26 Å². The number of nitrogens with zero attached hydrogens (tertiary/aromatic N) is 3. The maximum absolute atomic E-state index is 12.5. The van der Waals surface area contributed by atoms with Crippen molar-refractivity contribution in [3.05, 3.63) is 54.0 Å². The number of furan rings is 1. The molecule has 0 spiro atoms. The van der Waals surface area contributed by atoms with Crippen molar-refractivity contribution in [3.63, 3.8) is 0 Å². The molecule has 0 atom stereocenters. The second-order valence-corrected chi connectivity index (χ2v) is 8.11. The Kier molecular flexibility index (Phi) is 6.17. The molecule has 0 radical (unpaired) electrons. The summed E-state index contributed by atoms with van der Waals surface area (Å²) in [6.07, 6.45) is 1.51. The maximum Gasteiger partial charge on any atom is 0.327 e. The fourth-order valence-corrected chi connectivity index (χ4v) is 4.36. The van der Waals surface area contributed by atoms with E-state index in [1.165, 1.54) is 35.4 Å². The summed E-state index contributed by atoms with van der Waals surface area (Å²) in [5.74, 6) is -1.98. The molecular weight excluding hydrogens is 414 g/mol. The normalized spacial score (nSPS) is 14.1. The minimum atomic E-state index is -4.15. The Labute approximate surface area is 172 Å². The standard InChI is InChI=1S/C19H17N3O7S/c20-8-4-9-21(11-14-5-3-10-28-14)17(23)13-29-18(24)12-22-19(25)15-6-1-2-7-16(15)30(22,26)27/h1-3,5-7,10H,4,9,11-13H2. The molecular formula is C19H17N3O7S. The highest BCUT2D eigenvalue weighted by Gasteiger charge is 2.42. The first-order valence-electron chi connectivity index (χ1n) is 8.83. The zero-order valence-electron chi connectivity index (χ0n) is 15.7. The molecule has 156 valence electrons. The van der Waals surface area contributed by atoms with E-state index in [-0.39, 0.29) is 30.0 Å². The summed E-state index contributed by atoms with van der Waals surface area (Å²) in [5.41, 5.74) is -0.0255. The summed E-state index contributed by atoms with van der Waals surface area (Å²) in [6, 6.07) is 10.8. The Hall–Kier alpha value is -3.65. The summed E-state index contributed by atoms with van der Waals surface area (Å²) in [4.78, 5) is 37.9. The van der Waals surface area contributed by atoms with Crippen LogP contribution < -0.4 is 0 Å². The van der Waals surface area contributed by atoms with Gasteiger partial charge in [0.25, 0.3) is 21.8 Å². The van der Waals surface area contributed by atoms with Gasteiger partial charge in [0.15, 0.2) is 6.61 Å². The molecule has 0 aliphatic carbocycles. The van der Waals surface area contributed by atoms with Gasteiger partial charge >= 0.3 is 5.97 Å². The molecule has 0 saturated carbocycles. The fraction of sp³-hybridized carbons (Fsp3) is 0.263. The summed E-state index contributed by atoms with van der Waals surface area (Å²) in [5, 5.41) is 8.76. The van der Waals surface area contributed by atoms with Crippen molar-refractivity contribution in [2.75, 3.05) is 19.7 Å². The molecule has 2 amide bonds. The average molecular weight is 431 g/mol. The minimum absolute atomic E-state index is 0.0255. The van der Waals surface area contributed by atoms with E-state index in [1.807, 2.05) is 6.07 Å². The van der Waals surface area contributed by atoms with Crippen LogP contribution in [0.2, 0.25) is 0 Å². The van der Waals surface area contributed by atoms with Crippen molar-refractivity contribution in [2.45, 2.75) is 17.9 Å². The molecule has 0 saturated heterocycles. The molecule has 0 unspecified atom stereocenters. The maximum atomic E-state index is 12.5. The van der Waals surface area contributed by atoms with Crippen molar-refractivity contribution >= 4 is 27.8 Å². The highest BCUT2D eigenvalue weighted by Crippen LogP contribution is 2.29. The summed E-state index contributed by atoms with van der Waals surface area (Å²) in [7, 11) is -4.15. The number of esters is 1. The van der Waals surface area contributed by atoms with Crippen LogP contribution in [0, 0.1) is 11.3 Å². The Morgan fingerprint density at radius 3 is 2.63 bits per heavy atom. The van der Waals surface area contributed by atoms with Crippen LogP contribution in [-0.4, -0.2) is 55.1 Å². The number of hydrogen-bond acceptors (Lipinski definition) is 8. The van der Waals surface area contributed by atoms with Crippen LogP contribution in [0.4, 0.5) is 0 Å². The fourth-order valence-electron chi connectivity index (χ4n) is 2.85. The predicted molar refractivity (Wildman–Crippen MR) is 100.0 cm³/mol. The third kappa shape index (κ3) is 4.33. The Balaban J connectivity index is 1.60. The van der Waals surface area contributed by atoms with E-state index >= 15 is 0 Å². The van der Waals surface area contributed by atoms with E-state index in [1.54, 1.807) is 12.1 Å². The number of hydrogen-bond donors (Lipinski definition) is 0. The lowest BCUT2D eigenvalue weighted by atomic mass is 10.2. The van der Waals surface area contributed by atoms with Crippen LogP contribution in [0.3, 0.4) is 0 Å². The van der Waals surface area contributed by atoms with Gasteiger partial charge in [0, 0.05) is 6.54 Å². The SMILES string of the molecule is N#CCCN(Cc1ccco1)C(=O)COC(=O)CN1C(=O)c2ccccc2S1(=O)=O. The lowest BCUT2D eigenvalue weighted by molar-refractivity contribution is -0.152. The second-order valence-electron chi connectivity index (χ2n) is 6.28. The van der Waals surface area contributed by atoms with Gasteiger partial charge in [-0.05, 0) is 24.3 Å². The monoisotopic (exact) mass is 431 g/mol. The van der Waals surface area contributed by atoms with Gasteiger partial charge in [-0.3, -0.25) is 14.4 Å². The molecule has 1 aromatic heterocycles. The van der Waals surface area contributed by atoms with E-state index in [0.29, 0.717) is 10.1 Å². The highest BCUT2D eigenvalue weighted by molar-refractivity contribution is 7.90. The number of amides is 2. The molecule has 0 bridgehead atoms. The molecule has 1 aliphatic rings. The van der Waals surface area contributed by atoms with Crippen LogP contribution in [0.15, 0.2) is 52.0 Å². The molecule has 1 aliphatic heterocycles.